The van der Waals surface area contributed by atoms with E-state index in [0.29, 0.717) is 0 Å². The highest BCUT2D eigenvalue weighted by atomic mass is 16.6. The van der Waals surface area contributed by atoms with Crippen LogP contribution in [0.15, 0.2) is 0 Å². The van der Waals surface area contributed by atoms with Crippen molar-refractivity contribution >= 4 is 0 Å². The molecule has 0 atom stereocenters. The van der Waals surface area contributed by atoms with Crippen LogP contribution in [0.3, 0.4) is 0 Å². The predicted octanol–water partition coefficient (Wildman–Crippen LogP) is 1.04. The van der Waals surface area contributed by atoms with Crippen LogP contribution in [0.2, 0.25) is 0 Å². The first-order valence-corrected chi connectivity index (χ1v) is 4.62. The van der Waals surface area contributed by atoms with Crippen molar-refractivity contribution in [2.45, 2.75) is 26.3 Å². The first-order valence-electron chi connectivity index (χ1n) is 4.62. The molecule has 0 bridgehead atoms. The van der Waals surface area contributed by atoms with Gasteiger partial charge in [0.1, 0.15) is 0 Å². The van der Waals surface area contributed by atoms with Crippen LogP contribution in [0.1, 0.15) is 20.8 Å². The minimum absolute atomic E-state index is 0.0304. The summed E-state index contributed by atoms with van der Waals surface area (Å²) in [6.07, 6.45) is 0. The summed E-state index contributed by atoms with van der Waals surface area (Å²) >= 11 is 0. The molecule has 3 heteroatoms. The van der Waals surface area contributed by atoms with Gasteiger partial charge >= 0.3 is 0 Å². The van der Waals surface area contributed by atoms with Crippen LogP contribution in [0.4, 0.5) is 0 Å². The van der Waals surface area contributed by atoms with Gasteiger partial charge in [-0.25, -0.2) is 0 Å². The van der Waals surface area contributed by atoms with Crippen molar-refractivity contribution in [3.63, 3.8) is 0 Å². The molecular formula is C9H20N2O. The molecule has 1 aliphatic heterocycles. The van der Waals surface area contributed by atoms with Crippen molar-refractivity contribution < 1.29 is 4.65 Å². The zero-order valence-electron chi connectivity index (χ0n) is 8.63. The van der Waals surface area contributed by atoms with E-state index in [2.05, 4.69) is 11.9 Å². The van der Waals surface area contributed by atoms with E-state index < -0.39 is 0 Å². The standard InChI is InChI=1S/C9H20N2O/c1-9(2,3)11(12)7-5-10(4)6-8-11/h5-8H2,1-4H3. The maximum atomic E-state index is 12.2. The van der Waals surface area contributed by atoms with Gasteiger partial charge in [-0.1, -0.05) is 0 Å². The molecular weight excluding hydrogens is 152 g/mol. The lowest BCUT2D eigenvalue weighted by Gasteiger charge is -2.56. The molecule has 0 N–H and O–H groups in total. The average Bonchev–Trinajstić information content (AvgIpc) is 1.93. The molecule has 3 nitrogen and oxygen atoms in total. The third-order valence-corrected chi connectivity index (χ3v) is 2.91. The molecule has 1 aliphatic rings. The molecule has 0 amide bonds. The normalized spacial score (nSPS) is 25.8. The topological polar surface area (TPSA) is 26.3 Å². The molecule has 1 rings (SSSR count). The Morgan fingerprint density at radius 3 is 1.92 bits per heavy atom. The molecule has 12 heavy (non-hydrogen) atoms. The fourth-order valence-electron chi connectivity index (χ4n) is 1.56. The smallest absolute Gasteiger partial charge is 0.0917 e. The lowest BCUT2D eigenvalue weighted by molar-refractivity contribution is -0.929. The third kappa shape index (κ3) is 1.79. The Morgan fingerprint density at radius 2 is 1.58 bits per heavy atom. The molecule has 1 fully saturated rings. The summed E-state index contributed by atoms with van der Waals surface area (Å²) in [5.41, 5.74) is -0.152. The van der Waals surface area contributed by atoms with Gasteiger partial charge in [0.2, 0.25) is 0 Å². The maximum Gasteiger partial charge on any atom is 0.0917 e. The van der Waals surface area contributed by atoms with Crippen molar-refractivity contribution in [3.8, 4) is 0 Å². The van der Waals surface area contributed by atoms with Gasteiger partial charge in [-0.05, 0) is 27.8 Å². The molecule has 1 heterocycles. The van der Waals surface area contributed by atoms with E-state index in [1.165, 1.54) is 0 Å². The van der Waals surface area contributed by atoms with Gasteiger partial charge in [0.15, 0.2) is 0 Å². The monoisotopic (exact) mass is 172 g/mol. The fraction of sp³-hybridized carbons (Fsp3) is 1.00. The Kier molecular flexibility index (Phi) is 2.47. The van der Waals surface area contributed by atoms with E-state index in [9.17, 15) is 5.21 Å². The molecule has 0 aromatic heterocycles. The summed E-state index contributed by atoms with van der Waals surface area (Å²) in [5.74, 6) is 0. The van der Waals surface area contributed by atoms with Crippen LogP contribution in [0, 0.1) is 5.21 Å². The molecule has 0 aliphatic carbocycles. The van der Waals surface area contributed by atoms with Crippen molar-refractivity contribution in [3.05, 3.63) is 5.21 Å². The van der Waals surface area contributed by atoms with Gasteiger partial charge in [0, 0.05) is 13.1 Å². The second kappa shape index (κ2) is 2.98. The molecule has 1 saturated heterocycles. The Hall–Kier alpha value is -0.120. The van der Waals surface area contributed by atoms with Gasteiger partial charge in [0.05, 0.1) is 18.6 Å². The van der Waals surface area contributed by atoms with Gasteiger partial charge in [-0.15, -0.1) is 0 Å². The van der Waals surface area contributed by atoms with Crippen LogP contribution in [-0.2, 0) is 0 Å². The van der Waals surface area contributed by atoms with Gasteiger partial charge < -0.3 is 9.85 Å². The minimum atomic E-state index is -0.152. The highest BCUT2D eigenvalue weighted by Gasteiger charge is 2.34. The van der Waals surface area contributed by atoms with Crippen LogP contribution in [0.5, 0.6) is 0 Å². The van der Waals surface area contributed by atoms with E-state index in [-0.39, 0.29) is 10.2 Å². The zero-order valence-corrected chi connectivity index (χ0v) is 8.63. The molecule has 0 spiro atoms. The molecule has 72 valence electrons. The number of nitrogens with zero attached hydrogens (tertiary/aromatic N) is 2. The second-order valence-electron chi connectivity index (χ2n) is 4.81. The summed E-state index contributed by atoms with van der Waals surface area (Å²) in [4.78, 5) is 2.22. The molecule has 0 unspecified atom stereocenters. The number of likely N-dealkylation sites (N-methyl/N-ethyl adjacent to an activating group) is 1. The molecule has 0 saturated carbocycles. The van der Waals surface area contributed by atoms with E-state index in [4.69, 9.17) is 0 Å². The van der Waals surface area contributed by atoms with E-state index in [0.717, 1.165) is 26.2 Å². The number of hydrogen-bond donors (Lipinski definition) is 0. The summed E-state index contributed by atoms with van der Waals surface area (Å²) in [7, 11) is 2.08. The number of piperazine rings is 1. The quantitative estimate of drug-likeness (QED) is 0.403. The van der Waals surface area contributed by atoms with Gasteiger partial charge in [-0.2, -0.15) is 0 Å². The average molecular weight is 172 g/mol. The first kappa shape index (κ1) is 9.96. The van der Waals surface area contributed by atoms with E-state index in [1.807, 2.05) is 20.8 Å². The largest absolute Gasteiger partial charge is 0.632 e. The van der Waals surface area contributed by atoms with Crippen LogP contribution >= 0.6 is 0 Å². The number of quaternary nitrogens is 1. The Morgan fingerprint density at radius 1 is 1.17 bits per heavy atom. The van der Waals surface area contributed by atoms with Crippen LogP contribution in [0.25, 0.3) is 0 Å². The lowest BCUT2D eigenvalue weighted by atomic mass is 10.0. The number of rotatable bonds is 0. The van der Waals surface area contributed by atoms with Crippen LogP contribution < -0.4 is 0 Å². The summed E-state index contributed by atoms with van der Waals surface area (Å²) in [6, 6.07) is 0. The number of hydrogen-bond acceptors (Lipinski definition) is 2. The Bertz CT molecular complexity index is 154. The molecule has 0 aromatic carbocycles. The van der Waals surface area contributed by atoms with Crippen molar-refractivity contribution in [2.75, 3.05) is 33.2 Å². The highest BCUT2D eigenvalue weighted by molar-refractivity contribution is 4.70. The van der Waals surface area contributed by atoms with Crippen molar-refractivity contribution in [2.24, 2.45) is 0 Å². The predicted molar refractivity (Wildman–Crippen MR) is 50.6 cm³/mol. The van der Waals surface area contributed by atoms with E-state index in [1.54, 1.807) is 0 Å². The molecule has 0 aromatic rings. The van der Waals surface area contributed by atoms with E-state index >= 15 is 0 Å². The maximum absolute atomic E-state index is 12.2. The third-order valence-electron chi connectivity index (χ3n) is 2.91. The summed E-state index contributed by atoms with van der Waals surface area (Å²) in [6.45, 7) is 9.43. The summed E-state index contributed by atoms with van der Waals surface area (Å²) < 4.78 is -0.0304. The fourth-order valence-corrected chi connectivity index (χ4v) is 1.56. The minimum Gasteiger partial charge on any atom is -0.632 e. The first-order chi connectivity index (χ1) is 5.35. The molecule has 0 radical (unpaired) electrons. The summed E-state index contributed by atoms with van der Waals surface area (Å²) in [5, 5.41) is 12.2. The Labute approximate surface area is 75.1 Å². The number of hydroxylamine groups is 3. The van der Waals surface area contributed by atoms with Crippen molar-refractivity contribution in [1.82, 2.24) is 4.90 Å². The van der Waals surface area contributed by atoms with Gasteiger partial charge in [0.25, 0.3) is 0 Å². The highest BCUT2D eigenvalue weighted by Crippen LogP contribution is 2.24. The van der Waals surface area contributed by atoms with Crippen LogP contribution in [-0.4, -0.2) is 48.3 Å². The lowest BCUT2D eigenvalue weighted by Crippen LogP contribution is -2.63. The Balaban J connectivity index is 2.62. The van der Waals surface area contributed by atoms with Gasteiger partial charge in [-0.3, -0.25) is 4.90 Å². The van der Waals surface area contributed by atoms with Crippen molar-refractivity contribution in [1.29, 1.82) is 0 Å². The SMILES string of the molecule is CN1CC[N+]([O-])(C(C)(C)C)CC1. The zero-order chi connectivity index (χ0) is 9.41. The second-order valence-corrected chi connectivity index (χ2v) is 4.81.